The molecule has 0 spiro atoms. The largest absolute Gasteiger partial charge is 0.396 e. The fourth-order valence-electron chi connectivity index (χ4n) is 1.89. The van der Waals surface area contributed by atoms with E-state index >= 15 is 0 Å². The minimum atomic E-state index is 0.313. The molecule has 0 aromatic heterocycles. The molecule has 2 N–H and O–H groups in total. The number of aliphatic hydroxyl groups excluding tert-OH is 1. The number of aliphatic hydroxyl groups is 1. The Morgan fingerprint density at radius 1 is 1.31 bits per heavy atom. The van der Waals surface area contributed by atoms with Crippen LogP contribution in [0.25, 0.3) is 0 Å². The summed E-state index contributed by atoms with van der Waals surface area (Å²) < 4.78 is 0. The lowest BCUT2D eigenvalue weighted by Gasteiger charge is -2.28. The van der Waals surface area contributed by atoms with Gasteiger partial charge < -0.3 is 10.4 Å². The van der Waals surface area contributed by atoms with E-state index in [0.29, 0.717) is 6.61 Å². The van der Waals surface area contributed by atoms with E-state index in [1.165, 1.54) is 25.7 Å². The summed E-state index contributed by atoms with van der Waals surface area (Å²) in [6.07, 6.45) is 8.45. The Kier molecular flexibility index (Phi) is 5.83. The van der Waals surface area contributed by atoms with Crippen molar-refractivity contribution in [2.45, 2.75) is 43.4 Å². The van der Waals surface area contributed by atoms with Crippen molar-refractivity contribution in [3.05, 3.63) is 0 Å². The fraction of sp³-hybridized carbons (Fsp3) is 1.00. The van der Waals surface area contributed by atoms with Crippen molar-refractivity contribution < 1.29 is 5.11 Å². The molecular formula is C10H21NOS. The highest BCUT2D eigenvalue weighted by molar-refractivity contribution is 7.99. The molecule has 1 aliphatic carbocycles. The highest BCUT2D eigenvalue weighted by Gasteiger charge is 2.19. The van der Waals surface area contributed by atoms with Gasteiger partial charge >= 0.3 is 0 Å². The molecule has 2 nitrogen and oxygen atoms in total. The fourth-order valence-corrected chi connectivity index (χ4v) is 2.63. The van der Waals surface area contributed by atoms with Crippen LogP contribution >= 0.6 is 11.8 Å². The van der Waals surface area contributed by atoms with E-state index in [-0.39, 0.29) is 0 Å². The maximum atomic E-state index is 8.63. The zero-order valence-corrected chi connectivity index (χ0v) is 9.28. The van der Waals surface area contributed by atoms with Crippen molar-refractivity contribution in [1.29, 1.82) is 0 Å². The second-order valence-electron chi connectivity index (χ2n) is 3.74. The van der Waals surface area contributed by atoms with E-state index in [2.05, 4.69) is 11.6 Å². The van der Waals surface area contributed by atoms with Gasteiger partial charge in [-0.3, -0.25) is 0 Å². The van der Waals surface area contributed by atoms with Crippen LogP contribution in [0.4, 0.5) is 0 Å². The van der Waals surface area contributed by atoms with Crippen molar-refractivity contribution in [2.24, 2.45) is 0 Å². The zero-order valence-electron chi connectivity index (χ0n) is 8.46. The van der Waals surface area contributed by atoms with Crippen molar-refractivity contribution >= 4 is 11.8 Å². The maximum Gasteiger partial charge on any atom is 0.0443 e. The monoisotopic (exact) mass is 203 g/mol. The quantitative estimate of drug-likeness (QED) is 0.666. The first-order chi connectivity index (χ1) is 6.36. The molecule has 0 unspecified atom stereocenters. The third-order valence-electron chi connectivity index (χ3n) is 2.78. The minimum Gasteiger partial charge on any atom is -0.396 e. The lowest BCUT2D eigenvalue weighted by atomic mass is 9.95. The molecule has 0 aromatic rings. The lowest BCUT2D eigenvalue weighted by Crippen LogP contribution is -2.34. The number of nitrogens with one attached hydrogen (secondary N) is 1. The van der Waals surface area contributed by atoms with E-state index in [1.807, 2.05) is 11.8 Å². The van der Waals surface area contributed by atoms with Gasteiger partial charge in [0, 0.05) is 17.9 Å². The normalized spacial score (nSPS) is 29.1. The molecule has 0 saturated heterocycles. The molecule has 0 atom stereocenters. The smallest absolute Gasteiger partial charge is 0.0443 e. The molecule has 1 fully saturated rings. The topological polar surface area (TPSA) is 32.3 Å². The summed E-state index contributed by atoms with van der Waals surface area (Å²) >= 11 is 2.01. The van der Waals surface area contributed by atoms with E-state index in [1.54, 1.807) is 0 Å². The van der Waals surface area contributed by atoms with Crippen LogP contribution in [0.3, 0.4) is 0 Å². The molecule has 0 aromatic carbocycles. The molecule has 1 rings (SSSR count). The summed E-state index contributed by atoms with van der Waals surface area (Å²) in [5.74, 6) is 0. The van der Waals surface area contributed by atoms with Gasteiger partial charge in [-0.25, -0.2) is 0 Å². The standard InChI is InChI=1S/C10H21NOS/c1-13-10-5-3-9(4-6-10)11-7-2-8-12/h9-12H,2-8H2,1H3. The van der Waals surface area contributed by atoms with Gasteiger partial charge in [-0.2, -0.15) is 11.8 Å². The molecule has 0 amide bonds. The lowest BCUT2D eigenvalue weighted by molar-refractivity contribution is 0.278. The van der Waals surface area contributed by atoms with Gasteiger partial charge in [-0.05, 0) is 44.9 Å². The number of thioether (sulfide) groups is 1. The van der Waals surface area contributed by atoms with Gasteiger partial charge in [0.25, 0.3) is 0 Å². The SMILES string of the molecule is CSC1CCC(NCCCO)CC1. The average Bonchev–Trinajstić information content (AvgIpc) is 2.19. The van der Waals surface area contributed by atoms with Gasteiger partial charge in [0.2, 0.25) is 0 Å². The number of rotatable bonds is 5. The molecule has 3 heteroatoms. The predicted octanol–water partition coefficient (Wildman–Crippen LogP) is 1.63. The van der Waals surface area contributed by atoms with Crippen molar-refractivity contribution in [2.75, 3.05) is 19.4 Å². The van der Waals surface area contributed by atoms with E-state index in [4.69, 9.17) is 5.11 Å². The van der Waals surface area contributed by atoms with Crippen LogP contribution in [-0.2, 0) is 0 Å². The molecule has 1 aliphatic rings. The molecule has 0 radical (unpaired) electrons. The molecule has 0 heterocycles. The number of hydrogen-bond acceptors (Lipinski definition) is 3. The molecule has 78 valence electrons. The summed E-state index contributed by atoms with van der Waals surface area (Å²) in [6.45, 7) is 1.29. The average molecular weight is 203 g/mol. The number of hydrogen-bond donors (Lipinski definition) is 2. The van der Waals surface area contributed by atoms with Crippen LogP contribution in [0.5, 0.6) is 0 Å². The molecular weight excluding hydrogens is 182 g/mol. The molecule has 0 aliphatic heterocycles. The summed E-state index contributed by atoms with van der Waals surface area (Å²) in [5, 5.41) is 13.0. The van der Waals surface area contributed by atoms with E-state index in [0.717, 1.165) is 24.3 Å². The van der Waals surface area contributed by atoms with Crippen LogP contribution in [0.15, 0.2) is 0 Å². The second-order valence-corrected chi connectivity index (χ2v) is 4.88. The summed E-state index contributed by atoms with van der Waals surface area (Å²) in [6, 6.07) is 0.718. The van der Waals surface area contributed by atoms with Crippen LogP contribution in [0.1, 0.15) is 32.1 Å². The molecule has 1 saturated carbocycles. The third-order valence-corrected chi connectivity index (χ3v) is 3.91. The van der Waals surface area contributed by atoms with E-state index < -0.39 is 0 Å². The highest BCUT2D eigenvalue weighted by Crippen LogP contribution is 2.26. The van der Waals surface area contributed by atoms with Crippen molar-refractivity contribution in [1.82, 2.24) is 5.32 Å². The maximum absolute atomic E-state index is 8.63. The summed E-state index contributed by atoms with van der Waals surface area (Å²) in [4.78, 5) is 0. The van der Waals surface area contributed by atoms with Crippen molar-refractivity contribution in [3.8, 4) is 0 Å². The van der Waals surface area contributed by atoms with Gasteiger partial charge in [0.1, 0.15) is 0 Å². The van der Waals surface area contributed by atoms with Crippen LogP contribution in [0.2, 0.25) is 0 Å². The Morgan fingerprint density at radius 3 is 2.54 bits per heavy atom. The first-order valence-corrected chi connectivity index (χ1v) is 6.52. The third kappa shape index (κ3) is 4.34. The Morgan fingerprint density at radius 2 is 2.00 bits per heavy atom. The Labute approximate surface area is 85.5 Å². The predicted molar refractivity (Wildman–Crippen MR) is 59.3 cm³/mol. The Hall–Kier alpha value is 0.270. The Balaban J connectivity index is 2.03. The van der Waals surface area contributed by atoms with Crippen LogP contribution in [-0.4, -0.2) is 35.8 Å². The van der Waals surface area contributed by atoms with Crippen LogP contribution < -0.4 is 5.32 Å². The Bertz CT molecular complexity index is 121. The first kappa shape index (κ1) is 11.3. The van der Waals surface area contributed by atoms with Gasteiger partial charge in [-0.1, -0.05) is 0 Å². The van der Waals surface area contributed by atoms with Gasteiger partial charge in [0.15, 0.2) is 0 Å². The minimum absolute atomic E-state index is 0.313. The zero-order chi connectivity index (χ0) is 9.52. The van der Waals surface area contributed by atoms with Gasteiger partial charge in [0.05, 0.1) is 0 Å². The molecule has 13 heavy (non-hydrogen) atoms. The molecule has 0 bridgehead atoms. The summed E-state index contributed by atoms with van der Waals surface area (Å²) in [5.41, 5.74) is 0. The van der Waals surface area contributed by atoms with Gasteiger partial charge in [-0.15, -0.1) is 0 Å². The second kappa shape index (κ2) is 6.68. The van der Waals surface area contributed by atoms with Crippen molar-refractivity contribution in [3.63, 3.8) is 0 Å². The summed E-state index contributed by atoms with van der Waals surface area (Å²) in [7, 11) is 0. The van der Waals surface area contributed by atoms with E-state index in [9.17, 15) is 0 Å². The highest BCUT2D eigenvalue weighted by atomic mass is 32.2. The van der Waals surface area contributed by atoms with Crippen LogP contribution in [0, 0.1) is 0 Å². The first-order valence-electron chi connectivity index (χ1n) is 5.24.